The summed E-state index contributed by atoms with van der Waals surface area (Å²) in [5.41, 5.74) is -0.168. The molecule has 0 saturated heterocycles. The van der Waals surface area contributed by atoms with E-state index in [1.807, 2.05) is 0 Å². The van der Waals surface area contributed by atoms with E-state index in [9.17, 15) is 37.9 Å². The highest BCUT2D eigenvalue weighted by Crippen LogP contribution is 2.50. The van der Waals surface area contributed by atoms with Gasteiger partial charge in [-0.1, -0.05) is 0 Å². The average Bonchev–Trinajstić information content (AvgIpc) is 2.16. The molecule has 11 heteroatoms. The number of rotatable bonds is 4. The molecule has 0 atom stereocenters. The molecule has 8 nitrogen and oxygen atoms in total. The Morgan fingerprint density at radius 1 is 1.05 bits per heavy atom. The fourth-order valence-electron chi connectivity index (χ4n) is 1.20. The topological polar surface area (TPSA) is 155 Å². The van der Waals surface area contributed by atoms with Crippen LogP contribution in [0.25, 0.3) is 0 Å². The minimum Gasteiger partial charge on any atom is -0.810 e. The van der Waals surface area contributed by atoms with Crippen molar-refractivity contribution in [2.24, 2.45) is 0 Å². The Balaban J connectivity index is 3.00. The van der Waals surface area contributed by atoms with Crippen molar-refractivity contribution in [3.63, 3.8) is 0 Å². The van der Waals surface area contributed by atoms with Crippen molar-refractivity contribution < 1.29 is 37.9 Å². The second-order valence-corrected chi connectivity index (χ2v) is 7.05. The van der Waals surface area contributed by atoms with E-state index in [0.29, 0.717) is 0 Å². The van der Waals surface area contributed by atoms with Gasteiger partial charge in [0.2, 0.25) is 5.91 Å². The highest BCUT2D eigenvalue weighted by Gasteiger charge is 2.26. The molecule has 1 aromatic carbocycles. The molecule has 1 amide bonds. The Bertz CT molecular complexity index is 541. The molecule has 0 radical (unpaired) electrons. The molecule has 0 unspecified atom stereocenters. The number of carbonyl (C=O) groups is 1. The summed E-state index contributed by atoms with van der Waals surface area (Å²) < 4.78 is 33.8. The van der Waals surface area contributed by atoms with Crippen molar-refractivity contribution >= 4 is 26.8 Å². The first-order valence-electron chi connectivity index (χ1n) is 4.61. The summed E-state index contributed by atoms with van der Waals surface area (Å²) in [6.07, 6.45) is 0. The second-order valence-electron chi connectivity index (χ2n) is 3.45. The van der Waals surface area contributed by atoms with Crippen molar-refractivity contribution in [3.8, 4) is 0 Å². The number of nitrogens with one attached hydrogen (secondary N) is 1. The first-order chi connectivity index (χ1) is 8.51. The Morgan fingerprint density at radius 3 is 1.84 bits per heavy atom. The van der Waals surface area contributed by atoms with Crippen molar-refractivity contribution in [1.29, 1.82) is 0 Å². The number of hydrogen-bond acceptors (Lipinski definition) is 7. The van der Waals surface area contributed by atoms with E-state index >= 15 is 0 Å². The third-order valence-corrected chi connectivity index (χ3v) is 5.31. The zero-order valence-corrected chi connectivity index (χ0v) is 10.8. The molecule has 0 spiro atoms. The lowest BCUT2D eigenvalue weighted by Crippen LogP contribution is -2.41. The highest BCUT2D eigenvalue weighted by molar-refractivity contribution is 7.69. The van der Waals surface area contributed by atoms with Crippen molar-refractivity contribution in [2.45, 2.75) is 5.40 Å². The van der Waals surface area contributed by atoms with Crippen LogP contribution < -0.4 is 24.9 Å². The monoisotopic (exact) mass is 309 g/mol. The Labute approximate surface area is 106 Å². The summed E-state index contributed by atoms with van der Waals surface area (Å²) >= 11 is 0. The molecule has 0 aliphatic carbocycles. The van der Waals surface area contributed by atoms with Crippen LogP contribution in [-0.4, -0.2) is 11.3 Å². The first kappa shape index (κ1) is 16.0. The fraction of sp³-hybridized carbons (Fsp3) is 0.125. The van der Waals surface area contributed by atoms with Gasteiger partial charge in [0.15, 0.2) is 0 Å². The molecule has 1 N–H and O–H groups in total. The third kappa shape index (κ3) is 4.50. The Morgan fingerprint density at radius 2 is 1.47 bits per heavy atom. The van der Waals surface area contributed by atoms with E-state index in [1.165, 1.54) is 0 Å². The molecule has 0 fully saturated rings. The molecule has 1 aromatic rings. The predicted molar refractivity (Wildman–Crippen MR) is 54.0 cm³/mol. The molecule has 0 saturated carbocycles. The van der Waals surface area contributed by atoms with Gasteiger partial charge in [0, 0.05) is 5.69 Å². The molecule has 1 rings (SSSR count). The van der Waals surface area contributed by atoms with Gasteiger partial charge < -0.3 is 34.0 Å². The minimum atomic E-state index is -5.97. The Kier molecular flexibility index (Phi) is 4.63. The lowest BCUT2D eigenvalue weighted by atomic mass is 10.3. The summed E-state index contributed by atoms with van der Waals surface area (Å²) in [6.45, 7) is 0. The number of halogens is 1. The van der Waals surface area contributed by atoms with Crippen LogP contribution >= 0.6 is 15.2 Å². The summed E-state index contributed by atoms with van der Waals surface area (Å²) in [5, 5.41) is -1.51. The van der Waals surface area contributed by atoms with Crippen LogP contribution in [-0.2, 0) is 13.9 Å². The maximum Gasteiger partial charge on any atom is 0.237 e. The maximum atomic E-state index is 12.6. The predicted octanol–water partition coefficient (Wildman–Crippen LogP) is -2.08. The van der Waals surface area contributed by atoms with Gasteiger partial charge in [-0.15, -0.1) is 0 Å². The number of carbonyl (C=O) groups excluding carboxylic acids is 1. The molecule has 0 bridgehead atoms. The van der Waals surface area contributed by atoms with Crippen LogP contribution in [0.15, 0.2) is 24.3 Å². The Hall–Kier alpha value is -1.08. The van der Waals surface area contributed by atoms with Gasteiger partial charge in [-0.2, -0.15) is 0 Å². The number of amides is 1. The number of hydrogen-bond donors (Lipinski definition) is 1. The van der Waals surface area contributed by atoms with E-state index in [4.69, 9.17) is 0 Å². The van der Waals surface area contributed by atoms with Gasteiger partial charge in [0.05, 0.1) is 5.40 Å². The van der Waals surface area contributed by atoms with E-state index in [2.05, 4.69) is 0 Å². The van der Waals surface area contributed by atoms with Crippen molar-refractivity contribution in [3.05, 3.63) is 30.1 Å². The highest BCUT2D eigenvalue weighted by atomic mass is 31.2. The van der Waals surface area contributed by atoms with Gasteiger partial charge in [-0.05, 0) is 39.5 Å². The van der Waals surface area contributed by atoms with Crippen molar-refractivity contribution in [1.82, 2.24) is 0 Å². The molecule has 0 aliphatic heterocycles. The molecule has 19 heavy (non-hydrogen) atoms. The van der Waals surface area contributed by atoms with Gasteiger partial charge in [0.25, 0.3) is 0 Å². The number of anilines is 1. The first-order valence-corrected chi connectivity index (χ1v) is 7.84. The van der Waals surface area contributed by atoms with Crippen LogP contribution in [0.4, 0.5) is 10.1 Å². The van der Waals surface area contributed by atoms with Crippen LogP contribution in [0.1, 0.15) is 0 Å². The van der Waals surface area contributed by atoms with E-state index in [1.54, 1.807) is 5.32 Å². The van der Waals surface area contributed by atoms with Crippen LogP contribution in [0.2, 0.25) is 0 Å². The quantitative estimate of drug-likeness (QED) is 0.625. The molecular weight excluding hydrogens is 303 g/mol. The lowest BCUT2D eigenvalue weighted by molar-refractivity contribution is -0.328. The zero-order valence-electron chi connectivity index (χ0n) is 9.02. The zero-order chi connectivity index (χ0) is 14.8. The largest absolute Gasteiger partial charge is 0.810 e. The van der Waals surface area contributed by atoms with Gasteiger partial charge in [-0.25, -0.2) is 4.39 Å². The van der Waals surface area contributed by atoms with E-state index < -0.39 is 32.3 Å². The summed E-state index contributed by atoms with van der Waals surface area (Å²) in [4.78, 5) is 53.9. The van der Waals surface area contributed by atoms with Crippen molar-refractivity contribution in [2.75, 3.05) is 5.32 Å². The third-order valence-electron chi connectivity index (χ3n) is 1.95. The molecule has 0 aromatic heterocycles. The molecule has 0 aliphatic rings. The van der Waals surface area contributed by atoms with E-state index in [0.717, 1.165) is 24.3 Å². The summed E-state index contributed by atoms with van der Waals surface area (Å²) in [5.74, 6) is -2.46. The summed E-state index contributed by atoms with van der Waals surface area (Å²) in [7, 11) is -11.9. The van der Waals surface area contributed by atoms with Crippen LogP contribution in [0, 0.1) is 5.82 Å². The molecule has 0 heterocycles. The summed E-state index contributed by atoms with van der Waals surface area (Å²) in [6, 6.07) is 3.77. The van der Waals surface area contributed by atoms with Gasteiger partial charge in [0.1, 0.15) is 5.82 Å². The minimum absolute atomic E-state index is 0.168. The van der Waals surface area contributed by atoms with Crippen LogP contribution in [0.5, 0.6) is 0 Å². The molecular formula is C8H6FNO7P2-4. The standard InChI is InChI=1S/C8H10FNO7P2/c9-5-1-3-6(4-2-5)10-7(11)8(18(12,13)14)19(15,16)17/h1-4,8H,(H,10,11)(H2,12,13,14)(H2,15,16,17)/p-4. The van der Waals surface area contributed by atoms with E-state index in [-0.39, 0.29) is 5.69 Å². The lowest BCUT2D eigenvalue weighted by Gasteiger charge is -2.47. The average molecular weight is 309 g/mol. The maximum absolute atomic E-state index is 12.6. The normalized spacial score (nSPS) is 12.5. The molecule has 106 valence electrons. The smallest absolute Gasteiger partial charge is 0.237 e. The number of benzene rings is 1. The van der Waals surface area contributed by atoms with Gasteiger partial charge >= 0.3 is 0 Å². The SMILES string of the molecule is O=C(Nc1ccc(F)cc1)C(P(=O)([O-])[O-])P(=O)([O-])[O-]. The fourth-order valence-corrected chi connectivity index (χ4v) is 3.29. The van der Waals surface area contributed by atoms with Gasteiger partial charge in [-0.3, -0.25) is 4.79 Å². The van der Waals surface area contributed by atoms with Crippen LogP contribution in [0.3, 0.4) is 0 Å². The second kappa shape index (κ2) is 5.50.